The minimum absolute atomic E-state index is 0.0192. The zero-order chi connectivity index (χ0) is 21.0. The van der Waals surface area contributed by atoms with Crippen LogP contribution < -0.4 is 0 Å². The van der Waals surface area contributed by atoms with E-state index in [4.69, 9.17) is 11.6 Å². The highest BCUT2D eigenvalue weighted by Gasteiger charge is 2.32. The Balaban J connectivity index is 1.52. The first-order valence-corrected chi connectivity index (χ1v) is 10.4. The monoisotopic (exact) mass is 423 g/mol. The molecular weight excluding hydrogens is 399 g/mol. The number of hydrogen-bond donors (Lipinski definition) is 0. The Hall–Kier alpha value is -1.88. The standard InChI is InChI=1S/C23H25ClF3NO/c1-15-3-2-12-28-21(15)11-8-16-4-6-17(7-5-16)13-22(29)19-14-18(23(25,26)27)9-10-20(19)24/h2-3,9-10,12,14,16-17H,4-8,11,13H2,1H3. The summed E-state index contributed by atoms with van der Waals surface area (Å²) in [5.41, 5.74) is 1.50. The summed E-state index contributed by atoms with van der Waals surface area (Å²) in [6.45, 7) is 2.07. The number of ketones is 1. The van der Waals surface area contributed by atoms with Gasteiger partial charge < -0.3 is 0 Å². The number of aryl methyl sites for hydroxylation is 2. The Kier molecular flexibility index (Phi) is 6.99. The second-order valence-electron chi connectivity index (χ2n) is 8.01. The number of carbonyl (C=O) groups is 1. The molecule has 6 heteroatoms. The molecule has 0 saturated heterocycles. The zero-order valence-corrected chi connectivity index (χ0v) is 17.2. The minimum atomic E-state index is -4.48. The van der Waals surface area contributed by atoms with Crippen molar-refractivity contribution in [1.82, 2.24) is 4.98 Å². The molecule has 1 aromatic carbocycles. The first-order valence-electron chi connectivity index (χ1n) is 10.0. The van der Waals surface area contributed by atoms with E-state index in [0.29, 0.717) is 5.92 Å². The Morgan fingerprint density at radius 2 is 1.83 bits per heavy atom. The number of carbonyl (C=O) groups excluding carboxylic acids is 1. The number of alkyl halides is 3. The van der Waals surface area contributed by atoms with E-state index >= 15 is 0 Å². The van der Waals surface area contributed by atoms with Crippen molar-refractivity contribution < 1.29 is 18.0 Å². The molecule has 1 fully saturated rings. The number of pyridine rings is 1. The molecule has 0 bridgehead atoms. The van der Waals surface area contributed by atoms with Gasteiger partial charge in [0.2, 0.25) is 0 Å². The Morgan fingerprint density at radius 1 is 1.14 bits per heavy atom. The predicted octanol–water partition coefficient (Wildman–Crippen LogP) is 7.07. The van der Waals surface area contributed by atoms with Crippen LogP contribution in [-0.4, -0.2) is 10.8 Å². The number of hydrogen-bond acceptors (Lipinski definition) is 2. The fourth-order valence-electron chi connectivity index (χ4n) is 4.13. The van der Waals surface area contributed by atoms with E-state index in [1.54, 1.807) is 0 Å². The SMILES string of the molecule is Cc1cccnc1CCC1CCC(CC(=O)c2cc(C(F)(F)F)ccc2Cl)CC1. The van der Waals surface area contributed by atoms with Gasteiger partial charge in [0.05, 0.1) is 10.6 Å². The maximum Gasteiger partial charge on any atom is 0.416 e. The van der Waals surface area contributed by atoms with E-state index in [0.717, 1.165) is 62.4 Å². The molecule has 1 aliphatic rings. The number of benzene rings is 1. The van der Waals surface area contributed by atoms with Gasteiger partial charge in [0.25, 0.3) is 0 Å². The highest BCUT2D eigenvalue weighted by Crippen LogP contribution is 2.36. The van der Waals surface area contributed by atoms with Crippen molar-refractivity contribution in [2.45, 2.75) is 58.0 Å². The molecule has 2 nitrogen and oxygen atoms in total. The van der Waals surface area contributed by atoms with Crippen molar-refractivity contribution in [2.24, 2.45) is 11.8 Å². The molecule has 3 rings (SSSR count). The molecule has 0 N–H and O–H groups in total. The topological polar surface area (TPSA) is 30.0 Å². The van der Waals surface area contributed by atoms with E-state index in [9.17, 15) is 18.0 Å². The van der Waals surface area contributed by atoms with Gasteiger partial charge in [0, 0.05) is 23.9 Å². The fraction of sp³-hybridized carbons (Fsp3) is 0.478. The lowest BCUT2D eigenvalue weighted by Gasteiger charge is -2.28. The van der Waals surface area contributed by atoms with Crippen molar-refractivity contribution in [3.05, 3.63) is 63.9 Å². The van der Waals surface area contributed by atoms with Gasteiger partial charge in [-0.3, -0.25) is 9.78 Å². The minimum Gasteiger partial charge on any atom is -0.294 e. The first-order chi connectivity index (χ1) is 13.7. The molecule has 29 heavy (non-hydrogen) atoms. The Labute approximate surface area is 174 Å². The van der Waals surface area contributed by atoms with Crippen LogP contribution in [0.15, 0.2) is 36.5 Å². The van der Waals surface area contributed by atoms with Gasteiger partial charge in [0.15, 0.2) is 5.78 Å². The van der Waals surface area contributed by atoms with Gasteiger partial charge in [-0.1, -0.05) is 30.5 Å². The van der Waals surface area contributed by atoms with Crippen LogP contribution in [0.4, 0.5) is 13.2 Å². The van der Waals surface area contributed by atoms with E-state index in [2.05, 4.69) is 18.0 Å². The van der Waals surface area contributed by atoms with Gasteiger partial charge >= 0.3 is 6.18 Å². The molecule has 0 spiro atoms. The quantitative estimate of drug-likeness (QED) is 0.465. The summed E-state index contributed by atoms with van der Waals surface area (Å²) in [7, 11) is 0. The zero-order valence-electron chi connectivity index (χ0n) is 16.4. The predicted molar refractivity (Wildman–Crippen MR) is 108 cm³/mol. The normalized spacial score (nSPS) is 19.9. The molecule has 1 heterocycles. The van der Waals surface area contributed by atoms with Crippen LogP contribution in [-0.2, 0) is 12.6 Å². The van der Waals surface area contributed by atoms with E-state index < -0.39 is 11.7 Å². The molecule has 2 aromatic rings. The first kappa shape index (κ1) is 21.8. The van der Waals surface area contributed by atoms with E-state index in [1.165, 1.54) is 5.56 Å². The number of rotatable bonds is 6. The molecule has 1 saturated carbocycles. The fourth-order valence-corrected chi connectivity index (χ4v) is 4.36. The lowest BCUT2D eigenvalue weighted by atomic mass is 9.77. The van der Waals surface area contributed by atoms with Crippen LogP contribution in [0.2, 0.25) is 5.02 Å². The van der Waals surface area contributed by atoms with Crippen molar-refractivity contribution in [3.8, 4) is 0 Å². The summed E-state index contributed by atoms with van der Waals surface area (Å²) in [5, 5.41) is 0.0856. The Morgan fingerprint density at radius 3 is 2.48 bits per heavy atom. The maximum absolute atomic E-state index is 12.9. The third-order valence-corrected chi connectivity index (χ3v) is 6.27. The number of halogens is 4. The molecule has 0 radical (unpaired) electrons. The molecular formula is C23H25ClF3NO. The van der Waals surface area contributed by atoms with Crippen molar-refractivity contribution in [1.29, 1.82) is 0 Å². The van der Waals surface area contributed by atoms with Gasteiger partial charge in [0.1, 0.15) is 0 Å². The maximum atomic E-state index is 12.9. The number of nitrogens with zero attached hydrogens (tertiary/aromatic N) is 1. The van der Waals surface area contributed by atoms with Crippen molar-refractivity contribution in [2.75, 3.05) is 0 Å². The Bertz CT molecular complexity index is 857. The lowest BCUT2D eigenvalue weighted by molar-refractivity contribution is -0.137. The summed E-state index contributed by atoms with van der Waals surface area (Å²) < 4.78 is 38.8. The molecule has 0 aliphatic heterocycles. The van der Waals surface area contributed by atoms with Crippen molar-refractivity contribution in [3.63, 3.8) is 0 Å². The molecule has 1 aromatic heterocycles. The number of Topliss-reactive ketones (excluding diaryl/α,β-unsaturated/α-hetero) is 1. The largest absolute Gasteiger partial charge is 0.416 e. The third-order valence-electron chi connectivity index (χ3n) is 5.94. The van der Waals surface area contributed by atoms with Crippen molar-refractivity contribution >= 4 is 17.4 Å². The summed E-state index contributed by atoms with van der Waals surface area (Å²) in [6, 6.07) is 6.97. The van der Waals surface area contributed by atoms with Gasteiger partial charge in [-0.05, 0) is 74.3 Å². The van der Waals surface area contributed by atoms with Crippen LogP contribution in [0.25, 0.3) is 0 Å². The van der Waals surface area contributed by atoms with Crippen LogP contribution in [0.3, 0.4) is 0 Å². The number of aromatic nitrogens is 1. The van der Waals surface area contributed by atoms with Crippen LogP contribution in [0.5, 0.6) is 0 Å². The highest BCUT2D eigenvalue weighted by molar-refractivity contribution is 6.34. The summed E-state index contributed by atoms with van der Waals surface area (Å²) in [6.07, 6.45) is 3.57. The lowest BCUT2D eigenvalue weighted by Crippen LogP contribution is -2.18. The third kappa shape index (κ3) is 5.81. The van der Waals surface area contributed by atoms with Crippen LogP contribution in [0.1, 0.15) is 65.7 Å². The second-order valence-corrected chi connectivity index (χ2v) is 8.42. The molecule has 0 unspecified atom stereocenters. The van der Waals surface area contributed by atoms with Crippen LogP contribution in [0, 0.1) is 18.8 Å². The van der Waals surface area contributed by atoms with Crippen LogP contribution >= 0.6 is 11.6 Å². The molecule has 1 aliphatic carbocycles. The van der Waals surface area contributed by atoms with Gasteiger partial charge in [-0.15, -0.1) is 0 Å². The van der Waals surface area contributed by atoms with E-state index in [1.807, 2.05) is 12.3 Å². The van der Waals surface area contributed by atoms with E-state index in [-0.39, 0.29) is 28.7 Å². The summed E-state index contributed by atoms with van der Waals surface area (Å²) >= 11 is 6.00. The highest BCUT2D eigenvalue weighted by atomic mass is 35.5. The summed E-state index contributed by atoms with van der Waals surface area (Å²) in [4.78, 5) is 17.0. The molecule has 0 amide bonds. The molecule has 156 valence electrons. The smallest absolute Gasteiger partial charge is 0.294 e. The second kappa shape index (κ2) is 9.29. The summed E-state index contributed by atoms with van der Waals surface area (Å²) in [5.74, 6) is 0.523. The molecule has 0 atom stereocenters. The van der Waals surface area contributed by atoms with Gasteiger partial charge in [-0.2, -0.15) is 13.2 Å². The van der Waals surface area contributed by atoms with Gasteiger partial charge in [-0.25, -0.2) is 0 Å². The average molecular weight is 424 g/mol. The average Bonchev–Trinajstić information content (AvgIpc) is 2.68.